The molecule has 0 aliphatic rings. The number of carbonyl (C=O) groups excluding carboxylic acids is 2. The van der Waals surface area contributed by atoms with Crippen molar-refractivity contribution in [2.75, 3.05) is 14.2 Å². The largest absolute Gasteiger partial charge is 0.495 e. The summed E-state index contributed by atoms with van der Waals surface area (Å²) in [6, 6.07) is 5.37. The fourth-order valence-electron chi connectivity index (χ4n) is 2.00. The number of esters is 1. The third-order valence-corrected chi connectivity index (χ3v) is 4.59. The molecule has 2 aromatic rings. The molecule has 0 bridgehead atoms. The molecule has 1 aromatic heterocycles. The molecular formula is C15H15ClO4S. The van der Waals surface area contributed by atoms with Gasteiger partial charge in [0.1, 0.15) is 5.75 Å². The average Bonchev–Trinajstić information content (AvgIpc) is 2.87. The van der Waals surface area contributed by atoms with Gasteiger partial charge in [0, 0.05) is 11.1 Å². The minimum absolute atomic E-state index is 0.0795. The van der Waals surface area contributed by atoms with Crippen molar-refractivity contribution in [3.63, 3.8) is 0 Å². The van der Waals surface area contributed by atoms with Gasteiger partial charge in [0.05, 0.1) is 30.0 Å². The lowest BCUT2D eigenvalue weighted by atomic mass is 10.0. The third kappa shape index (κ3) is 3.36. The Bertz CT molecular complexity index is 692. The fourth-order valence-corrected chi connectivity index (χ4v) is 3.27. The first-order valence-electron chi connectivity index (χ1n) is 6.34. The normalized spacial score (nSPS) is 12.2. The summed E-state index contributed by atoms with van der Waals surface area (Å²) in [6.07, 6.45) is 0.129. The SMILES string of the molecule is COC(=O)C(C)CC(=O)c1cc2cc(Cl)c(OC)cc2s1. The predicted molar refractivity (Wildman–Crippen MR) is 83.5 cm³/mol. The summed E-state index contributed by atoms with van der Waals surface area (Å²) in [5.41, 5.74) is 0. The zero-order valence-electron chi connectivity index (χ0n) is 11.9. The second kappa shape index (κ2) is 6.45. The number of thiophene rings is 1. The van der Waals surface area contributed by atoms with Crippen molar-refractivity contribution >= 4 is 44.8 Å². The van der Waals surface area contributed by atoms with E-state index >= 15 is 0 Å². The number of fused-ring (bicyclic) bond motifs is 1. The van der Waals surface area contributed by atoms with Crippen LogP contribution >= 0.6 is 22.9 Å². The van der Waals surface area contributed by atoms with E-state index in [4.69, 9.17) is 16.3 Å². The minimum Gasteiger partial charge on any atom is -0.495 e. The maximum Gasteiger partial charge on any atom is 0.308 e. The van der Waals surface area contributed by atoms with E-state index in [1.165, 1.54) is 18.4 Å². The molecular weight excluding hydrogens is 312 g/mol. The molecule has 6 heteroatoms. The van der Waals surface area contributed by atoms with Crippen molar-refractivity contribution in [3.8, 4) is 5.75 Å². The van der Waals surface area contributed by atoms with E-state index in [1.807, 2.05) is 6.07 Å². The van der Waals surface area contributed by atoms with Crippen molar-refractivity contribution < 1.29 is 19.1 Å². The molecule has 0 spiro atoms. The predicted octanol–water partition coefficient (Wildman–Crippen LogP) is 3.95. The molecule has 1 aromatic carbocycles. The Morgan fingerprint density at radius 2 is 2.00 bits per heavy atom. The lowest BCUT2D eigenvalue weighted by Gasteiger charge is -2.06. The molecule has 0 fully saturated rings. The molecule has 0 N–H and O–H groups in total. The Labute approximate surface area is 131 Å². The Balaban J connectivity index is 2.26. The number of carbonyl (C=O) groups is 2. The molecule has 0 radical (unpaired) electrons. The Morgan fingerprint density at radius 1 is 1.29 bits per heavy atom. The van der Waals surface area contributed by atoms with E-state index in [0.29, 0.717) is 15.6 Å². The molecule has 1 heterocycles. The number of ketones is 1. The van der Waals surface area contributed by atoms with Crippen molar-refractivity contribution in [2.45, 2.75) is 13.3 Å². The van der Waals surface area contributed by atoms with E-state index in [2.05, 4.69) is 4.74 Å². The van der Waals surface area contributed by atoms with Gasteiger partial charge in [-0.25, -0.2) is 0 Å². The molecule has 2 rings (SSSR count). The first-order chi connectivity index (χ1) is 9.96. The Morgan fingerprint density at radius 3 is 2.62 bits per heavy atom. The molecule has 0 saturated carbocycles. The molecule has 1 unspecified atom stereocenters. The van der Waals surface area contributed by atoms with E-state index in [0.717, 1.165) is 10.1 Å². The van der Waals surface area contributed by atoms with Crippen LogP contribution in [0.1, 0.15) is 23.0 Å². The highest BCUT2D eigenvalue weighted by Gasteiger charge is 2.20. The van der Waals surface area contributed by atoms with E-state index in [1.54, 1.807) is 26.2 Å². The highest BCUT2D eigenvalue weighted by atomic mass is 35.5. The zero-order valence-corrected chi connectivity index (χ0v) is 13.5. The van der Waals surface area contributed by atoms with Crippen LogP contribution in [-0.2, 0) is 9.53 Å². The number of hydrogen-bond donors (Lipinski definition) is 0. The summed E-state index contributed by atoms with van der Waals surface area (Å²) in [5.74, 6) is -0.336. The Kier molecular flexibility index (Phi) is 4.85. The molecule has 0 aliphatic heterocycles. The monoisotopic (exact) mass is 326 g/mol. The van der Waals surface area contributed by atoms with Crippen molar-refractivity contribution in [1.82, 2.24) is 0 Å². The number of hydrogen-bond acceptors (Lipinski definition) is 5. The molecule has 0 saturated heterocycles. The summed E-state index contributed by atoms with van der Waals surface area (Å²) in [7, 11) is 2.86. The van der Waals surface area contributed by atoms with Crippen LogP contribution in [0, 0.1) is 5.92 Å². The van der Waals surface area contributed by atoms with Gasteiger partial charge >= 0.3 is 5.97 Å². The van der Waals surface area contributed by atoms with Crippen LogP contribution in [0.2, 0.25) is 5.02 Å². The number of Topliss-reactive ketones (excluding diaryl/α,β-unsaturated/α-hetero) is 1. The van der Waals surface area contributed by atoms with Crippen LogP contribution < -0.4 is 4.74 Å². The third-order valence-electron chi connectivity index (χ3n) is 3.16. The second-order valence-electron chi connectivity index (χ2n) is 4.69. The van der Waals surface area contributed by atoms with E-state index < -0.39 is 5.92 Å². The number of halogens is 1. The maximum atomic E-state index is 12.2. The second-order valence-corrected chi connectivity index (χ2v) is 6.18. The summed E-state index contributed by atoms with van der Waals surface area (Å²) in [6.45, 7) is 1.68. The summed E-state index contributed by atoms with van der Waals surface area (Å²) in [4.78, 5) is 24.2. The molecule has 112 valence electrons. The van der Waals surface area contributed by atoms with Crippen LogP contribution in [0.3, 0.4) is 0 Å². The topological polar surface area (TPSA) is 52.6 Å². The maximum absolute atomic E-state index is 12.2. The van der Waals surface area contributed by atoms with Gasteiger partial charge in [0.2, 0.25) is 0 Å². The number of methoxy groups -OCH3 is 2. The van der Waals surface area contributed by atoms with Crippen LogP contribution in [0.15, 0.2) is 18.2 Å². The van der Waals surface area contributed by atoms with Crippen LogP contribution in [0.5, 0.6) is 5.75 Å². The summed E-state index contributed by atoms with van der Waals surface area (Å²) >= 11 is 7.44. The molecule has 4 nitrogen and oxygen atoms in total. The van der Waals surface area contributed by atoms with Crippen molar-refractivity contribution in [1.29, 1.82) is 0 Å². The standard InChI is InChI=1S/C15H15ClO4S/c1-8(15(18)20-3)4-11(17)14-6-9-5-10(16)12(19-2)7-13(9)21-14/h5-8H,4H2,1-3H3. The molecule has 0 amide bonds. The smallest absolute Gasteiger partial charge is 0.308 e. The highest BCUT2D eigenvalue weighted by molar-refractivity contribution is 7.20. The quantitative estimate of drug-likeness (QED) is 0.616. The van der Waals surface area contributed by atoms with Crippen LogP contribution in [0.4, 0.5) is 0 Å². The average molecular weight is 327 g/mol. The number of benzene rings is 1. The number of ether oxygens (including phenoxy) is 2. The van der Waals surface area contributed by atoms with Gasteiger partial charge in [-0.15, -0.1) is 11.3 Å². The van der Waals surface area contributed by atoms with Gasteiger partial charge in [-0.1, -0.05) is 18.5 Å². The van der Waals surface area contributed by atoms with E-state index in [9.17, 15) is 9.59 Å². The van der Waals surface area contributed by atoms with Gasteiger partial charge in [-0.3, -0.25) is 9.59 Å². The molecule has 0 aliphatic carbocycles. The molecule has 1 atom stereocenters. The highest BCUT2D eigenvalue weighted by Crippen LogP contribution is 2.35. The first kappa shape index (κ1) is 15.8. The minimum atomic E-state index is -0.453. The van der Waals surface area contributed by atoms with Gasteiger partial charge in [-0.05, 0) is 23.6 Å². The zero-order chi connectivity index (χ0) is 15.6. The van der Waals surface area contributed by atoms with Crippen molar-refractivity contribution in [3.05, 3.63) is 28.1 Å². The lowest BCUT2D eigenvalue weighted by Crippen LogP contribution is -2.16. The Hall–Kier alpha value is -1.59. The molecule has 21 heavy (non-hydrogen) atoms. The van der Waals surface area contributed by atoms with Crippen LogP contribution in [0.25, 0.3) is 10.1 Å². The van der Waals surface area contributed by atoms with Gasteiger partial charge in [-0.2, -0.15) is 0 Å². The fraction of sp³-hybridized carbons (Fsp3) is 0.333. The van der Waals surface area contributed by atoms with Crippen LogP contribution in [-0.4, -0.2) is 26.0 Å². The lowest BCUT2D eigenvalue weighted by molar-refractivity contribution is -0.144. The van der Waals surface area contributed by atoms with Gasteiger partial charge < -0.3 is 9.47 Å². The first-order valence-corrected chi connectivity index (χ1v) is 7.53. The van der Waals surface area contributed by atoms with Crippen molar-refractivity contribution in [2.24, 2.45) is 5.92 Å². The van der Waals surface area contributed by atoms with Gasteiger partial charge in [0.25, 0.3) is 0 Å². The summed E-state index contributed by atoms with van der Waals surface area (Å²) in [5, 5.41) is 1.39. The van der Waals surface area contributed by atoms with Gasteiger partial charge in [0.15, 0.2) is 5.78 Å². The van der Waals surface area contributed by atoms with E-state index in [-0.39, 0.29) is 18.2 Å². The number of rotatable bonds is 5. The summed E-state index contributed by atoms with van der Waals surface area (Å²) < 4.78 is 10.7.